The number of nitrogens with one attached hydrogen (secondary N) is 3. The van der Waals surface area contributed by atoms with Crippen LogP contribution in [0.4, 0.5) is 9.93 Å². The number of nitrogens with zero attached hydrogens (tertiary/aromatic N) is 2. The van der Waals surface area contributed by atoms with Crippen molar-refractivity contribution in [3.63, 3.8) is 0 Å². The van der Waals surface area contributed by atoms with Crippen LogP contribution in [0.3, 0.4) is 0 Å². The average Bonchev–Trinajstić information content (AvgIpc) is 3.15. The first-order chi connectivity index (χ1) is 13.6. The number of rotatable bonds is 7. The zero-order valence-corrected chi connectivity index (χ0v) is 17.4. The highest BCUT2D eigenvalue weighted by molar-refractivity contribution is 8.02. The van der Waals surface area contributed by atoms with Crippen molar-refractivity contribution in [2.45, 2.75) is 61.2 Å². The smallest absolute Gasteiger partial charge is 0.321 e. The van der Waals surface area contributed by atoms with Crippen LogP contribution in [0.2, 0.25) is 0 Å². The minimum Gasteiger partial charge on any atom is -0.356 e. The number of benzene rings is 1. The molecule has 3 rings (SSSR count). The van der Waals surface area contributed by atoms with Crippen LogP contribution in [-0.4, -0.2) is 33.4 Å². The molecule has 1 aromatic carbocycles. The first kappa shape index (κ1) is 20.6. The third-order valence-electron chi connectivity index (χ3n) is 4.52. The molecule has 3 N–H and O–H groups in total. The maximum absolute atomic E-state index is 12.3. The monoisotopic (exact) mass is 419 g/mol. The molecule has 0 spiro atoms. The molecule has 1 fully saturated rings. The van der Waals surface area contributed by atoms with Crippen LogP contribution in [-0.2, 0) is 11.3 Å². The van der Waals surface area contributed by atoms with E-state index in [4.69, 9.17) is 0 Å². The Labute approximate surface area is 173 Å². The number of amides is 3. The molecule has 0 radical (unpaired) electrons. The van der Waals surface area contributed by atoms with Crippen molar-refractivity contribution >= 4 is 40.2 Å². The Morgan fingerprint density at radius 1 is 1.18 bits per heavy atom. The summed E-state index contributed by atoms with van der Waals surface area (Å²) in [6.45, 7) is 2.42. The lowest BCUT2D eigenvalue weighted by molar-refractivity contribution is -0.119. The minimum absolute atomic E-state index is 0.172. The summed E-state index contributed by atoms with van der Waals surface area (Å²) in [6.07, 6.45) is 5.44. The predicted molar refractivity (Wildman–Crippen MR) is 113 cm³/mol. The van der Waals surface area contributed by atoms with E-state index in [1.165, 1.54) is 29.5 Å². The normalized spacial score (nSPS) is 15.6. The van der Waals surface area contributed by atoms with E-state index in [-0.39, 0.29) is 11.9 Å². The van der Waals surface area contributed by atoms with E-state index in [0.717, 1.165) is 31.2 Å². The summed E-state index contributed by atoms with van der Waals surface area (Å²) in [4.78, 5) is 24.3. The van der Waals surface area contributed by atoms with Gasteiger partial charge in [0.1, 0.15) is 0 Å². The SMILES string of the molecule is C[C@H](Sc1nnc(NCc2ccccc2)s1)C(=O)NC(=O)NC1CCCCC1. The summed E-state index contributed by atoms with van der Waals surface area (Å²) in [5.41, 5.74) is 1.16. The standard InChI is InChI=1S/C19H25N5O2S2/c1-13(16(25)22-17(26)21-15-10-6-3-7-11-15)27-19-24-23-18(28-19)20-12-14-8-4-2-5-9-14/h2,4-5,8-9,13,15H,3,6-7,10-12H2,1H3,(H,20,23)(H2,21,22,25,26)/t13-/m0/s1. The lowest BCUT2D eigenvalue weighted by atomic mass is 9.96. The third-order valence-corrected chi connectivity index (χ3v) is 6.58. The van der Waals surface area contributed by atoms with E-state index in [0.29, 0.717) is 16.0 Å². The minimum atomic E-state index is -0.438. The molecule has 1 aliphatic rings. The number of aromatic nitrogens is 2. The predicted octanol–water partition coefficient (Wildman–Crippen LogP) is 3.79. The maximum Gasteiger partial charge on any atom is 0.321 e. The highest BCUT2D eigenvalue weighted by atomic mass is 32.2. The van der Waals surface area contributed by atoms with Crippen molar-refractivity contribution in [1.82, 2.24) is 20.8 Å². The van der Waals surface area contributed by atoms with Crippen molar-refractivity contribution in [2.75, 3.05) is 5.32 Å². The zero-order chi connectivity index (χ0) is 19.8. The number of urea groups is 1. The molecule has 0 bridgehead atoms. The van der Waals surface area contributed by atoms with Crippen LogP contribution in [0.25, 0.3) is 0 Å². The van der Waals surface area contributed by atoms with Crippen molar-refractivity contribution < 1.29 is 9.59 Å². The van der Waals surface area contributed by atoms with Gasteiger partial charge in [-0.1, -0.05) is 72.7 Å². The Morgan fingerprint density at radius 2 is 1.93 bits per heavy atom. The number of imide groups is 1. The van der Waals surface area contributed by atoms with Crippen LogP contribution in [0, 0.1) is 0 Å². The second-order valence-corrected chi connectivity index (χ2v) is 9.34. The molecule has 2 aromatic rings. The van der Waals surface area contributed by atoms with E-state index in [1.54, 1.807) is 6.92 Å². The van der Waals surface area contributed by atoms with Gasteiger partial charge in [-0.3, -0.25) is 10.1 Å². The van der Waals surface area contributed by atoms with Crippen molar-refractivity contribution in [3.05, 3.63) is 35.9 Å². The molecule has 0 saturated heterocycles. The second-order valence-electron chi connectivity index (χ2n) is 6.77. The van der Waals surface area contributed by atoms with E-state index >= 15 is 0 Å². The summed E-state index contributed by atoms with van der Waals surface area (Å²) in [7, 11) is 0. The van der Waals surface area contributed by atoms with Crippen molar-refractivity contribution in [2.24, 2.45) is 0 Å². The van der Waals surface area contributed by atoms with Crippen LogP contribution in [0.1, 0.15) is 44.6 Å². The number of carbonyl (C=O) groups excluding carboxylic acids is 2. The Balaban J connectivity index is 1.42. The molecule has 150 valence electrons. The fourth-order valence-electron chi connectivity index (χ4n) is 2.99. The maximum atomic E-state index is 12.3. The van der Waals surface area contributed by atoms with Gasteiger partial charge < -0.3 is 10.6 Å². The van der Waals surface area contributed by atoms with Gasteiger partial charge in [0.25, 0.3) is 0 Å². The van der Waals surface area contributed by atoms with Gasteiger partial charge in [0.2, 0.25) is 11.0 Å². The number of anilines is 1. The summed E-state index contributed by atoms with van der Waals surface area (Å²) >= 11 is 2.69. The molecule has 1 aromatic heterocycles. The summed E-state index contributed by atoms with van der Waals surface area (Å²) < 4.78 is 0.686. The number of thioether (sulfide) groups is 1. The number of carbonyl (C=O) groups is 2. The van der Waals surface area contributed by atoms with Gasteiger partial charge in [-0.05, 0) is 25.3 Å². The fourth-order valence-corrected chi connectivity index (χ4v) is 4.88. The quantitative estimate of drug-likeness (QED) is 0.591. The third kappa shape index (κ3) is 6.49. The van der Waals surface area contributed by atoms with Gasteiger partial charge in [-0.2, -0.15) is 0 Å². The molecular formula is C19H25N5O2S2. The molecule has 1 saturated carbocycles. The van der Waals surface area contributed by atoms with Gasteiger partial charge in [-0.25, -0.2) is 4.79 Å². The molecule has 1 heterocycles. The van der Waals surface area contributed by atoms with Gasteiger partial charge in [0.15, 0.2) is 4.34 Å². The van der Waals surface area contributed by atoms with Crippen molar-refractivity contribution in [3.8, 4) is 0 Å². The van der Waals surface area contributed by atoms with Crippen LogP contribution in [0.5, 0.6) is 0 Å². The average molecular weight is 420 g/mol. The number of hydrogen-bond donors (Lipinski definition) is 3. The van der Waals surface area contributed by atoms with Crippen molar-refractivity contribution in [1.29, 1.82) is 0 Å². The largest absolute Gasteiger partial charge is 0.356 e. The Kier molecular flexibility index (Phi) is 7.67. The Hall–Kier alpha value is -2.13. The van der Waals surface area contributed by atoms with Gasteiger partial charge in [-0.15, -0.1) is 10.2 Å². The van der Waals surface area contributed by atoms with E-state index in [2.05, 4.69) is 26.1 Å². The number of hydrogen-bond acceptors (Lipinski definition) is 7. The van der Waals surface area contributed by atoms with Gasteiger partial charge in [0.05, 0.1) is 5.25 Å². The molecule has 3 amide bonds. The van der Waals surface area contributed by atoms with E-state index < -0.39 is 11.3 Å². The Bertz CT molecular complexity index is 778. The van der Waals surface area contributed by atoms with Crippen LogP contribution in [0.15, 0.2) is 34.7 Å². The van der Waals surface area contributed by atoms with Gasteiger partial charge >= 0.3 is 6.03 Å². The lowest BCUT2D eigenvalue weighted by Crippen LogP contribution is -2.47. The molecular weight excluding hydrogens is 394 g/mol. The molecule has 0 unspecified atom stereocenters. The Morgan fingerprint density at radius 3 is 2.68 bits per heavy atom. The topological polar surface area (TPSA) is 96.0 Å². The summed E-state index contributed by atoms with van der Waals surface area (Å²) in [5.74, 6) is -0.327. The van der Waals surface area contributed by atoms with Gasteiger partial charge in [0, 0.05) is 12.6 Å². The molecule has 1 atom stereocenters. The first-order valence-corrected chi connectivity index (χ1v) is 11.2. The summed E-state index contributed by atoms with van der Waals surface area (Å²) in [6, 6.07) is 9.79. The molecule has 0 aliphatic heterocycles. The highest BCUT2D eigenvalue weighted by Gasteiger charge is 2.21. The van der Waals surface area contributed by atoms with E-state index in [9.17, 15) is 9.59 Å². The summed E-state index contributed by atoms with van der Waals surface area (Å²) in [5, 5.41) is 17.0. The second kappa shape index (κ2) is 10.4. The molecule has 28 heavy (non-hydrogen) atoms. The first-order valence-electron chi connectivity index (χ1n) is 9.49. The highest BCUT2D eigenvalue weighted by Crippen LogP contribution is 2.29. The zero-order valence-electron chi connectivity index (χ0n) is 15.8. The lowest BCUT2D eigenvalue weighted by Gasteiger charge is -2.22. The fraction of sp³-hybridized carbons (Fsp3) is 0.474. The molecule has 9 heteroatoms. The molecule has 1 aliphatic carbocycles. The van der Waals surface area contributed by atoms with E-state index in [1.807, 2.05) is 30.3 Å². The molecule has 7 nitrogen and oxygen atoms in total. The van der Waals surface area contributed by atoms with Crippen LogP contribution >= 0.6 is 23.1 Å². The van der Waals surface area contributed by atoms with Crippen LogP contribution < -0.4 is 16.0 Å².